The van der Waals surface area contributed by atoms with Crippen LogP contribution in [0.15, 0.2) is 93.9 Å². The molecule has 174 valence electrons. The number of halogens is 2. The van der Waals surface area contributed by atoms with Crippen LogP contribution >= 0.6 is 31.9 Å². The Morgan fingerprint density at radius 1 is 0.500 bits per heavy atom. The normalized spacial score (nSPS) is 11.8. The van der Waals surface area contributed by atoms with Gasteiger partial charge < -0.3 is 20.2 Å². The van der Waals surface area contributed by atoms with Crippen molar-refractivity contribution in [3.05, 3.63) is 93.9 Å². The van der Waals surface area contributed by atoms with Gasteiger partial charge in [-0.15, -0.1) is 0 Å². The average molecular weight is 598 g/mol. The van der Waals surface area contributed by atoms with Gasteiger partial charge >= 0.3 is 0 Å². The molecule has 0 aliphatic heterocycles. The number of phenolic OH excluding ortho intramolecular Hbond substituents is 2. The van der Waals surface area contributed by atoms with Crippen molar-refractivity contribution in [3.8, 4) is 33.8 Å². The lowest BCUT2D eigenvalue weighted by Crippen LogP contribution is -1.89. The molecule has 0 fully saturated rings. The van der Waals surface area contributed by atoms with Crippen molar-refractivity contribution in [2.45, 2.75) is 0 Å². The van der Waals surface area contributed by atoms with E-state index in [2.05, 4.69) is 66.1 Å². The number of aromatic nitrogens is 2. The molecule has 0 aliphatic rings. The number of nitrogens with one attached hydrogen (secondary N) is 2. The fraction of sp³-hybridized carbons (Fsp3) is 0. The number of hydrogen-bond donors (Lipinski definition) is 4. The van der Waals surface area contributed by atoms with E-state index in [-0.39, 0.29) is 11.5 Å². The van der Waals surface area contributed by atoms with Crippen molar-refractivity contribution in [3.63, 3.8) is 0 Å². The Morgan fingerprint density at radius 3 is 1.28 bits per heavy atom. The van der Waals surface area contributed by atoms with Crippen LogP contribution in [0.4, 0.5) is 0 Å². The van der Waals surface area contributed by atoms with Crippen molar-refractivity contribution in [2.75, 3.05) is 0 Å². The topological polar surface area (TPSA) is 72.0 Å². The van der Waals surface area contributed by atoms with Crippen molar-refractivity contribution in [2.24, 2.45) is 0 Å². The molecule has 2 heterocycles. The highest BCUT2D eigenvalue weighted by atomic mass is 79.9. The Bertz CT molecular complexity index is 1820. The number of rotatable bonds is 2. The Balaban J connectivity index is 1.80. The highest BCUT2D eigenvalue weighted by Gasteiger charge is 2.23. The summed E-state index contributed by atoms with van der Waals surface area (Å²) in [4.78, 5) is 7.42. The summed E-state index contributed by atoms with van der Waals surface area (Å²) >= 11 is 7.33. The highest BCUT2D eigenvalue weighted by molar-refractivity contribution is 9.10. The molecule has 4 N–H and O–H groups in total. The highest BCUT2D eigenvalue weighted by Crippen LogP contribution is 2.49. The lowest BCUT2D eigenvalue weighted by Gasteiger charge is -2.13. The predicted octanol–water partition coefficient (Wildman–Crippen LogP) is 9.23. The first kappa shape index (κ1) is 21.5. The molecule has 7 rings (SSSR count). The third kappa shape index (κ3) is 3.18. The molecule has 6 heteroatoms. The van der Waals surface area contributed by atoms with E-state index in [1.54, 1.807) is 24.3 Å². The quantitative estimate of drug-likeness (QED) is 0.160. The third-order valence-corrected chi connectivity index (χ3v) is 7.82. The molecular formula is C30H18Br2N2O2. The van der Waals surface area contributed by atoms with E-state index in [1.807, 2.05) is 36.4 Å². The lowest BCUT2D eigenvalue weighted by atomic mass is 9.90. The molecule has 5 aromatic carbocycles. The second-order valence-electron chi connectivity index (χ2n) is 8.97. The van der Waals surface area contributed by atoms with Crippen LogP contribution in [0, 0.1) is 0 Å². The van der Waals surface area contributed by atoms with E-state index >= 15 is 0 Å². The van der Waals surface area contributed by atoms with Crippen LogP contribution in [0.2, 0.25) is 0 Å². The SMILES string of the molecule is Oc1ccc(-c2c3[nH]c4ccc(Br)cc4c3c(-c3ccc(O)cc3)c3[nH]c4ccc(Br)cc4c23)cc1. The van der Waals surface area contributed by atoms with E-state index < -0.39 is 0 Å². The number of H-pyrrole nitrogens is 2. The van der Waals surface area contributed by atoms with Gasteiger partial charge in [0.1, 0.15) is 11.5 Å². The first-order chi connectivity index (χ1) is 17.5. The Kier molecular flexibility index (Phi) is 4.72. The minimum absolute atomic E-state index is 0.231. The molecule has 36 heavy (non-hydrogen) atoms. The minimum atomic E-state index is 0.231. The average Bonchev–Trinajstić information content (AvgIpc) is 3.42. The zero-order valence-electron chi connectivity index (χ0n) is 18.7. The summed E-state index contributed by atoms with van der Waals surface area (Å²) in [6, 6.07) is 27.3. The Labute approximate surface area is 222 Å². The summed E-state index contributed by atoms with van der Waals surface area (Å²) in [6.45, 7) is 0. The summed E-state index contributed by atoms with van der Waals surface area (Å²) in [7, 11) is 0. The molecular weight excluding hydrogens is 580 g/mol. The van der Waals surface area contributed by atoms with Gasteiger partial charge in [0.15, 0.2) is 0 Å². The van der Waals surface area contributed by atoms with E-state index in [9.17, 15) is 10.2 Å². The number of phenols is 2. The van der Waals surface area contributed by atoms with Gasteiger partial charge in [-0.2, -0.15) is 0 Å². The van der Waals surface area contributed by atoms with Gasteiger partial charge in [-0.1, -0.05) is 56.1 Å². The molecule has 0 saturated carbocycles. The van der Waals surface area contributed by atoms with Crippen LogP contribution in [0.1, 0.15) is 0 Å². The first-order valence-electron chi connectivity index (χ1n) is 11.4. The fourth-order valence-electron chi connectivity index (χ4n) is 5.31. The van der Waals surface area contributed by atoms with Gasteiger partial charge in [-0.05, 0) is 71.8 Å². The van der Waals surface area contributed by atoms with E-state index in [4.69, 9.17) is 0 Å². The molecule has 7 aromatic rings. The number of fused-ring (bicyclic) bond motifs is 6. The number of hydrogen-bond acceptors (Lipinski definition) is 2. The van der Waals surface area contributed by atoms with Crippen LogP contribution in [-0.2, 0) is 0 Å². The maximum Gasteiger partial charge on any atom is 0.115 e. The third-order valence-electron chi connectivity index (χ3n) is 6.83. The van der Waals surface area contributed by atoms with E-state index in [0.29, 0.717) is 0 Å². The first-order valence-corrected chi connectivity index (χ1v) is 13.0. The summed E-state index contributed by atoms with van der Waals surface area (Å²) in [5.41, 5.74) is 8.25. The molecule has 0 radical (unpaired) electrons. The Hall–Kier alpha value is -3.74. The predicted molar refractivity (Wildman–Crippen MR) is 155 cm³/mol. The molecule has 0 amide bonds. The molecule has 0 bridgehead atoms. The van der Waals surface area contributed by atoms with Crippen molar-refractivity contribution in [1.29, 1.82) is 0 Å². The smallest absolute Gasteiger partial charge is 0.115 e. The molecule has 0 atom stereocenters. The summed E-state index contributed by atoms with van der Waals surface area (Å²) < 4.78 is 2.00. The van der Waals surface area contributed by atoms with Gasteiger partial charge in [0.05, 0.1) is 11.0 Å². The van der Waals surface area contributed by atoms with Gasteiger partial charge in [0.25, 0.3) is 0 Å². The van der Waals surface area contributed by atoms with Crippen LogP contribution in [-0.4, -0.2) is 20.2 Å². The van der Waals surface area contributed by atoms with Gasteiger partial charge in [-0.3, -0.25) is 0 Å². The van der Waals surface area contributed by atoms with Crippen molar-refractivity contribution < 1.29 is 10.2 Å². The lowest BCUT2D eigenvalue weighted by molar-refractivity contribution is 0.475. The summed E-state index contributed by atoms with van der Waals surface area (Å²) in [6.07, 6.45) is 0. The van der Waals surface area contributed by atoms with Gasteiger partial charge in [0, 0.05) is 52.7 Å². The summed E-state index contributed by atoms with van der Waals surface area (Å²) in [5, 5.41) is 24.4. The second-order valence-corrected chi connectivity index (χ2v) is 10.8. The van der Waals surface area contributed by atoms with Crippen LogP contribution < -0.4 is 0 Å². The van der Waals surface area contributed by atoms with Crippen molar-refractivity contribution in [1.82, 2.24) is 9.97 Å². The maximum atomic E-state index is 10.0. The molecule has 0 aliphatic carbocycles. The molecule has 4 nitrogen and oxygen atoms in total. The zero-order valence-corrected chi connectivity index (χ0v) is 21.9. The number of benzene rings is 5. The monoisotopic (exact) mass is 596 g/mol. The maximum absolute atomic E-state index is 10.0. The number of aromatic amines is 2. The minimum Gasteiger partial charge on any atom is -0.508 e. The Morgan fingerprint density at radius 2 is 0.889 bits per heavy atom. The van der Waals surface area contributed by atoms with Gasteiger partial charge in [0.2, 0.25) is 0 Å². The van der Waals surface area contributed by atoms with Crippen molar-refractivity contribution >= 4 is 75.5 Å². The molecule has 0 saturated heterocycles. The van der Waals surface area contributed by atoms with Gasteiger partial charge in [-0.25, -0.2) is 0 Å². The molecule has 2 aromatic heterocycles. The standard InChI is InChI=1S/C30H18Br2N2O2/c31-17-5-11-23-21(13-17)27-25(15-1-7-19(35)8-2-15)29-28(22-14-18(32)6-12-24(22)33-29)26(30(27)34-23)16-3-9-20(36)10-4-16/h1-14,33-36H. The second kappa shape index (κ2) is 7.88. The van der Waals surface area contributed by atoms with Crippen LogP contribution in [0.5, 0.6) is 11.5 Å². The van der Waals surface area contributed by atoms with E-state index in [1.165, 1.54) is 0 Å². The summed E-state index contributed by atoms with van der Waals surface area (Å²) in [5.74, 6) is 0.461. The van der Waals surface area contributed by atoms with Crippen LogP contribution in [0.3, 0.4) is 0 Å². The van der Waals surface area contributed by atoms with E-state index in [0.717, 1.165) is 74.8 Å². The molecule has 0 spiro atoms. The zero-order chi connectivity index (χ0) is 24.6. The largest absolute Gasteiger partial charge is 0.508 e. The molecule has 0 unspecified atom stereocenters. The van der Waals surface area contributed by atoms with Crippen LogP contribution in [0.25, 0.3) is 65.9 Å². The number of aromatic hydroxyl groups is 2. The fourth-order valence-corrected chi connectivity index (χ4v) is 6.03.